The zero-order valence-corrected chi connectivity index (χ0v) is 8.83. The number of Topliss-reactive ketones (excluding diaryl/α,β-unsaturated/α-hetero) is 3. The third-order valence-corrected chi connectivity index (χ3v) is 2.02. The van der Waals surface area contributed by atoms with Gasteiger partial charge in [-0.25, -0.2) is 0 Å². The van der Waals surface area contributed by atoms with Crippen LogP contribution in [0.3, 0.4) is 0 Å². The van der Waals surface area contributed by atoms with Crippen LogP contribution in [0.1, 0.15) is 52.0 Å². The van der Waals surface area contributed by atoms with Crippen molar-refractivity contribution in [2.75, 3.05) is 0 Å². The number of nitrogens with zero attached hydrogens (tertiary/aromatic N) is 1. The molecule has 0 N–H and O–H groups in total. The van der Waals surface area contributed by atoms with Crippen molar-refractivity contribution in [1.82, 2.24) is 4.98 Å². The first-order valence-electron chi connectivity index (χ1n) is 4.47. The molecule has 4 nitrogen and oxygen atoms in total. The van der Waals surface area contributed by atoms with Crippen LogP contribution in [-0.2, 0) is 0 Å². The molecular weight excluding hydrogens is 194 g/mol. The van der Waals surface area contributed by atoms with E-state index in [1.807, 2.05) is 0 Å². The lowest BCUT2D eigenvalue weighted by Gasteiger charge is -2.06. The second kappa shape index (κ2) is 4.13. The Morgan fingerprint density at radius 2 is 1.60 bits per heavy atom. The quantitative estimate of drug-likeness (QED) is 0.704. The molecule has 15 heavy (non-hydrogen) atoms. The van der Waals surface area contributed by atoms with Crippen molar-refractivity contribution in [1.29, 1.82) is 0 Å². The van der Waals surface area contributed by atoms with E-state index in [0.717, 1.165) is 0 Å². The maximum Gasteiger partial charge on any atom is 0.178 e. The molecule has 0 bridgehead atoms. The van der Waals surface area contributed by atoms with Gasteiger partial charge in [0.25, 0.3) is 0 Å². The monoisotopic (exact) mass is 205 g/mol. The van der Waals surface area contributed by atoms with Gasteiger partial charge in [0, 0.05) is 18.7 Å². The van der Waals surface area contributed by atoms with Gasteiger partial charge in [0.1, 0.15) is 5.69 Å². The number of hydrogen-bond donors (Lipinski definition) is 0. The Hall–Kier alpha value is -1.84. The summed E-state index contributed by atoms with van der Waals surface area (Å²) in [5.41, 5.74) is 0.440. The van der Waals surface area contributed by atoms with Crippen LogP contribution in [0.5, 0.6) is 0 Å². The minimum absolute atomic E-state index is 0.0650. The predicted molar refractivity (Wildman–Crippen MR) is 54.3 cm³/mol. The fourth-order valence-corrected chi connectivity index (χ4v) is 1.38. The van der Waals surface area contributed by atoms with Gasteiger partial charge in [-0.05, 0) is 19.9 Å². The van der Waals surface area contributed by atoms with E-state index in [9.17, 15) is 14.4 Å². The molecule has 1 heterocycles. The molecule has 0 aromatic carbocycles. The van der Waals surface area contributed by atoms with Gasteiger partial charge < -0.3 is 0 Å². The summed E-state index contributed by atoms with van der Waals surface area (Å²) in [5, 5.41) is 0. The maximum atomic E-state index is 11.4. The summed E-state index contributed by atoms with van der Waals surface area (Å²) in [6.07, 6.45) is 1.36. The van der Waals surface area contributed by atoms with Crippen molar-refractivity contribution in [3.63, 3.8) is 0 Å². The Labute approximate surface area is 87.3 Å². The lowest BCUT2D eigenvalue weighted by Crippen LogP contribution is -2.12. The third kappa shape index (κ3) is 2.15. The normalized spacial score (nSPS) is 9.80. The Balaban J connectivity index is 3.56. The predicted octanol–water partition coefficient (Wildman–Crippen LogP) is 1.69. The molecule has 0 aliphatic heterocycles. The fraction of sp³-hybridized carbons (Fsp3) is 0.273. The lowest BCUT2D eigenvalue weighted by atomic mass is 9.99. The molecule has 0 radical (unpaired) electrons. The Bertz CT molecular complexity index is 417. The smallest absolute Gasteiger partial charge is 0.178 e. The molecule has 0 saturated heterocycles. The average Bonchev–Trinajstić information content (AvgIpc) is 2.16. The molecule has 0 amide bonds. The summed E-state index contributed by atoms with van der Waals surface area (Å²) in [5.74, 6) is -0.882. The number of hydrogen-bond acceptors (Lipinski definition) is 4. The van der Waals surface area contributed by atoms with E-state index in [1.54, 1.807) is 0 Å². The Kier molecular flexibility index (Phi) is 3.09. The highest BCUT2D eigenvalue weighted by Crippen LogP contribution is 2.14. The van der Waals surface area contributed by atoms with E-state index < -0.39 is 0 Å². The number of ketones is 3. The molecule has 1 aromatic heterocycles. The summed E-state index contributed by atoms with van der Waals surface area (Å²) in [6, 6.07) is 1.45. The summed E-state index contributed by atoms with van der Waals surface area (Å²) in [4.78, 5) is 37.6. The van der Waals surface area contributed by atoms with Crippen LogP contribution in [0, 0.1) is 0 Å². The second-order valence-corrected chi connectivity index (χ2v) is 3.25. The van der Waals surface area contributed by atoms with Crippen LogP contribution in [0.2, 0.25) is 0 Å². The van der Waals surface area contributed by atoms with Crippen LogP contribution in [0.25, 0.3) is 0 Å². The zero-order valence-electron chi connectivity index (χ0n) is 8.83. The van der Waals surface area contributed by atoms with E-state index in [4.69, 9.17) is 0 Å². The molecule has 0 fully saturated rings. The summed E-state index contributed by atoms with van der Waals surface area (Å²) in [7, 11) is 0. The number of pyridine rings is 1. The van der Waals surface area contributed by atoms with Gasteiger partial charge in [-0.2, -0.15) is 0 Å². The average molecular weight is 205 g/mol. The molecule has 0 saturated carbocycles. The van der Waals surface area contributed by atoms with Crippen molar-refractivity contribution < 1.29 is 14.4 Å². The van der Waals surface area contributed by atoms with Crippen LogP contribution >= 0.6 is 0 Å². The number of aromatic nitrogens is 1. The molecule has 78 valence electrons. The third-order valence-electron chi connectivity index (χ3n) is 2.02. The molecule has 0 aliphatic carbocycles. The van der Waals surface area contributed by atoms with Gasteiger partial charge >= 0.3 is 0 Å². The van der Waals surface area contributed by atoms with E-state index in [-0.39, 0.29) is 34.2 Å². The summed E-state index contributed by atoms with van der Waals surface area (Å²) < 4.78 is 0. The Morgan fingerprint density at radius 3 is 2.00 bits per heavy atom. The molecule has 0 atom stereocenters. The van der Waals surface area contributed by atoms with Crippen molar-refractivity contribution in [2.45, 2.75) is 20.8 Å². The van der Waals surface area contributed by atoms with Gasteiger partial charge in [0.05, 0.1) is 5.56 Å². The van der Waals surface area contributed by atoms with E-state index in [2.05, 4.69) is 4.98 Å². The van der Waals surface area contributed by atoms with Crippen molar-refractivity contribution in [2.24, 2.45) is 0 Å². The van der Waals surface area contributed by atoms with Gasteiger partial charge in [0.2, 0.25) is 0 Å². The molecule has 0 spiro atoms. The highest BCUT2D eigenvalue weighted by molar-refractivity contribution is 6.13. The molecule has 0 unspecified atom stereocenters. The first-order chi connectivity index (χ1) is 6.95. The molecule has 4 heteroatoms. The number of carbonyl (C=O) groups is 3. The van der Waals surface area contributed by atoms with E-state index in [0.29, 0.717) is 0 Å². The fourth-order valence-electron chi connectivity index (χ4n) is 1.38. The summed E-state index contributed by atoms with van der Waals surface area (Å²) >= 11 is 0. The van der Waals surface area contributed by atoms with E-state index in [1.165, 1.54) is 33.0 Å². The van der Waals surface area contributed by atoms with Crippen molar-refractivity contribution in [3.8, 4) is 0 Å². The van der Waals surface area contributed by atoms with Crippen LogP contribution in [0.15, 0.2) is 12.3 Å². The topological polar surface area (TPSA) is 64.1 Å². The number of carbonyl (C=O) groups excluding carboxylic acids is 3. The van der Waals surface area contributed by atoms with Crippen LogP contribution in [0.4, 0.5) is 0 Å². The Morgan fingerprint density at radius 1 is 1.00 bits per heavy atom. The first-order valence-corrected chi connectivity index (χ1v) is 4.47. The van der Waals surface area contributed by atoms with E-state index >= 15 is 0 Å². The molecule has 0 aliphatic rings. The SMILES string of the molecule is CC(=O)c1ccnc(C(C)=O)c1C(C)=O. The van der Waals surface area contributed by atoms with Gasteiger partial charge in [-0.15, -0.1) is 0 Å². The van der Waals surface area contributed by atoms with Crippen LogP contribution in [-0.4, -0.2) is 22.3 Å². The van der Waals surface area contributed by atoms with Crippen molar-refractivity contribution >= 4 is 17.3 Å². The van der Waals surface area contributed by atoms with Gasteiger partial charge in [-0.1, -0.05) is 0 Å². The maximum absolute atomic E-state index is 11.4. The van der Waals surface area contributed by atoms with Crippen LogP contribution < -0.4 is 0 Å². The zero-order chi connectivity index (χ0) is 11.6. The summed E-state index contributed by atoms with van der Waals surface area (Å²) in [6.45, 7) is 3.99. The first kappa shape index (κ1) is 11.2. The number of rotatable bonds is 3. The largest absolute Gasteiger partial charge is 0.294 e. The lowest BCUT2D eigenvalue weighted by molar-refractivity contribution is 0.0965. The van der Waals surface area contributed by atoms with Gasteiger partial charge in [0.15, 0.2) is 17.3 Å². The molecule has 1 rings (SSSR count). The molecular formula is C11H11NO3. The minimum Gasteiger partial charge on any atom is -0.294 e. The highest BCUT2D eigenvalue weighted by atomic mass is 16.1. The van der Waals surface area contributed by atoms with Crippen molar-refractivity contribution in [3.05, 3.63) is 29.1 Å². The highest BCUT2D eigenvalue weighted by Gasteiger charge is 2.19. The molecule has 1 aromatic rings. The second-order valence-electron chi connectivity index (χ2n) is 3.25. The minimum atomic E-state index is -0.321. The van der Waals surface area contributed by atoms with Gasteiger partial charge in [-0.3, -0.25) is 19.4 Å². The standard InChI is InChI=1S/C11H11NO3/c1-6(13)9-4-5-12-11(8(3)15)10(9)7(2)14/h4-5H,1-3H3.